The van der Waals surface area contributed by atoms with Crippen LogP contribution >= 0.6 is 0 Å². The molecule has 0 aliphatic heterocycles. The zero-order chi connectivity index (χ0) is 16.3. The van der Waals surface area contributed by atoms with Crippen LogP contribution in [0.15, 0.2) is 24.3 Å². The van der Waals surface area contributed by atoms with E-state index in [0.29, 0.717) is 0 Å². The fraction of sp³-hybridized carbons (Fsp3) is 0.533. The van der Waals surface area contributed by atoms with E-state index in [1.807, 2.05) is 20.8 Å². The highest BCUT2D eigenvalue weighted by molar-refractivity contribution is 5.67. The maximum Gasteiger partial charge on any atom is 0.425 e. The Morgan fingerprint density at radius 3 is 2.14 bits per heavy atom. The van der Waals surface area contributed by atoms with Crippen LogP contribution in [0.25, 0.3) is 0 Å². The Morgan fingerprint density at radius 2 is 1.76 bits per heavy atom. The first-order valence-corrected chi connectivity index (χ1v) is 6.62. The number of rotatable bonds is 6. The lowest BCUT2D eigenvalue weighted by Crippen LogP contribution is -2.36. The fourth-order valence-corrected chi connectivity index (χ4v) is 1.74. The van der Waals surface area contributed by atoms with Crippen LogP contribution in [0.1, 0.15) is 39.2 Å². The molecule has 1 aromatic rings. The number of hydrogen-bond acceptors (Lipinski definition) is 2. The summed E-state index contributed by atoms with van der Waals surface area (Å²) in [7, 11) is 0. The smallest absolute Gasteiger partial charge is 0.425 e. The van der Waals surface area contributed by atoms with Gasteiger partial charge in [-0.3, -0.25) is 4.79 Å². The third kappa shape index (κ3) is 4.95. The predicted octanol–water partition coefficient (Wildman–Crippen LogP) is 4.16. The van der Waals surface area contributed by atoms with Crippen LogP contribution in [0, 0.1) is 0 Å². The van der Waals surface area contributed by atoms with E-state index in [-0.39, 0.29) is 11.2 Å². The molecule has 1 aromatic carbocycles. The molecular weight excluding hydrogens is 285 g/mol. The molecule has 1 rings (SSSR count). The first-order valence-electron chi connectivity index (χ1n) is 6.62. The van der Waals surface area contributed by atoms with Gasteiger partial charge in [0.2, 0.25) is 6.10 Å². The first kappa shape index (κ1) is 17.3. The van der Waals surface area contributed by atoms with E-state index < -0.39 is 24.7 Å². The lowest BCUT2D eigenvalue weighted by Gasteiger charge is -2.24. The molecule has 0 amide bonds. The minimum absolute atomic E-state index is 0.00854. The summed E-state index contributed by atoms with van der Waals surface area (Å²) in [4.78, 5) is 10.5. The number of alkyl halides is 3. The molecule has 6 heteroatoms. The van der Waals surface area contributed by atoms with E-state index in [1.54, 1.807) is 12.1 Å². The Bertz CT molecular complexity index is 478. The molecule has 0 heterocycles. The monoisotopic (exact) mass is 304 g/mol. The van der Waals surface area contributed by atoms with Crippen LogP contribution in [0.2, 0.25) is 0 Å². The van der Waals surface area contributed by atoms with Crippen LogP contribution in [-0.2, 0) is 10.2 Å². The Labute approximate surface area is 121 Å². The number of benzene rings is 1. The van der Waals surface area contributed by atoms with Gasteiger partial charge in [0, 0.05) is 0 Å². The summed E-state index contributed by atoms with van der Waals surface area (Å²) < 4.78 is 42.9. The van der Waals surface area contributed by atoms with E-state index in [2.05, 4.69) is 0 Å². The van der Waals surface area contributed by atoms with Crippen molar-refractivity contribution in [3.05, 3.63) is 29.8 Å². The standard InChI is InChI=1S/C15H19F3O3/c1-4-14(2,3)10-5-7-11(8-6-10)21-12(9-13(19)20)15(16,17)18/h5-8,12H,4,9H2,1-3H3,(H,19,20). The maximum absolute atomic E-state index is 12.7. The minimum atomic E-state index is -4.72. The van der Waals surface area contributed by atoms with Crippen LogP contribution in [0.3, 0.4) is 0 Å². The van der Waals surface area contributed by atoms with Crippen molar-refractivity contribution in [2.45, 2.75) is 51.3 Å². The molecule has 0 saturated heterocycles. The average molecular weight is 304 g/mol. The van der Waals surface area contributed by atoms with E-state index >= 15 is 0 Å². The van der Waals surface area contributed by atoms with Crippen molar-refractivity contribution in [1.29, 1.82) is 0 Å². The van der Waals surface area contributed by atoms with Crippen molar-refractivity contribution in [2.75, 3.05) is 0 Å². The van der Waals surface area contributed by atoms with Crippen LogP contribution in [0.4, 0.5) is 13.2 Å². The molecule has 3 nitrogen and oxygen atoms in total. The normalized spacial score (nSPS) is 13.8. The summed E-state index contributed by atoms with van der Waals surface area (Å²) in [5, 5.41) is 8.53. The molecule has 1 unspecified atom stereocenters. The topological polar surface area (TPSA) is 46.5 Å². The van der Waals surface area contributed by atoms with Gasteiger partial charge in [-0.1, -0.05) is 32.9 Å². The second-order valence-corrected chi connectivity index (χ2v) is 5.51. The van der Waals surface area contributed by atoms with Crippen molar-refractivity contribution < 1.29 is 27.8 Å². The number of ether oxygens (including phenoxy) is 1. The molecular formula is C15H19F3O3. The SMILES string of the molecule is CCC(C)(C)c1ccc(OC(CC(=O)O)C(F)(F)F)cc1. The Hall–Kier alpha value is -1.72. The number of hydrogen-bond donors (Lipinski definition) is 1. The van der Waals surface area contributed by atoms with Gasteiger partial charge in [0.1, 0.15) is 5.75 Å². The number of halogens is 3. The van der Waals surface area contributed by atoms with E-state index in [0.717, 1.165) is 12.0 Å². The molecule has 0 saturated carbocycles. The zero-order valence-corrected chi connectivity index (χ0v) is 12.2. The van der Waals surface area contributed by atoms with Crippen molar-refractivity contribution >= 4 is 5.97 Å². The molecule has 0 fully saturated rings. The van der Waals surface area contributed by atoms with Gasteiger partial charge in [-0.25, -0.2) is 0 Å². The van der Waals surface area contributed by atoms with E-state index in [9.17, 15) is 18.0 Å². The molecule has 1 N–H and O–H groups in total. The van der Waals surface area contributed by atoms with Gasteiger partial charge in [-0.2, -0.15) is 13.2 Å². The largest absolute Gasteiger partial charge is 0.481 e. The van der Waals surface area contributed by atoms with Gasteiger partial charge >= 0.3 is 12.1 Å². The van der Waals surface area contributed by atoms with Crippen LogP contribution in [-0.4, -0.2) is 23.4 Å². The molecule has 0 spiro atoms. The average Bonchev–Trinajstić information content (AvgIpc) is 2.37. The maximum atomic E-state index is 12.7. The fourth-order valence-electron chi connectivity index (χ4n) is 1.74. The first-order chi connectivity index (χ1) is 9.56. The summed E-state index contributed by atoms with van der Waals surface area (Å²) in [6.07, 6.45) is -7.30. The number of carboxylic acid groups (broad SMARTS) is 1. The van der Waals surface area contributed by atoms with Gasteiger partial charge in [-0.05, 0) is 29.5 Å². The summed E-state index contributed by atoms with van der Waals surface area (Å²) in [5.41, 5.74) is 0.905. The minimum Gasteiger partial charge on any atom is -0.481 e. The highest BCUT2D eigenvalue weighted by atomic mass is 19.4. The molecule has 21 heavy (non-hydrogen) atoms. The molecule has 0 aromatic heterocycles. The Morgan fingerprint density at radius 1 is 1.24 bits per heavy atom. The predicted molar refractivity (Wildman–Crippen MR) is 72.5 cm³/mol. The zero-order valence-electron chi connectivity index (χ0n) is 12.2. The van der Waals surface area contributed by atoms with Crippen LogP contribution < -0.4 is 4.74 Å². The summed E-state index contributed by atoms with van der Waals surface area (Å²) in [5.74, 6) is -1.55. The number of aliphatic carboxylic acids is 1. The summed E-state index contributed by atoms with van der Waals surface area (Å²) >= 11 is 0. The number of carbonyl (C=O) groups is 1. The Kier molecular flexibility index (Phi) is 5.25. The lowest BCUT2D eigenvalue weighted by atomic mass is 9.82. The molecule has 0 radical (unpaired) electrons. The van der Waals surface area contributed by atoms with Gasteiger partial charge in [0.15, 0.2) is 0 Å². The molecule has 0 bridgehead atoms. The van der Waals surface area contributed by atoms with Crippen LogP contribution in [0.5, 0.6) is 5.75 Å². The van der Waals surface area contributed by atoms with Gasteiger partial charge < -0.3 is 9.84 Å². The van der Waals surface area contributed by atoms with Gasteiger partial charge in [0.05, 0.1) is 6.42 Å². The summed E-state index contributed by atoms with van der Waals surface area (Å²) in [6.45, 7) is 6.09. The van der Waals surface area contributed by atoms with Gasteiger partial charge in [-0.15, -0.1) is 0 Å². The second kappa shape index (κ2) is 6.37. The van der Waals surface area contributed by atoms with Gasteiger partial charge in [0.25, 0.3) is 0 Å². The molecule has 1 atom stereocenters. The highest BCUT2D eigenvalue weighted by Crippen LogP contribution is 2.30. The van der Waals surface area contributed by atoms with Crippen molar-refractivity contribution in [1.82, 2.24) is 0 Å². The quantitative estimate of drug-likeness (QED) is 0.858. The number of carboxylic acids is 1. The van der Waals surface area contributed by atoms with Crippen molar-refractivity contribution in [3.8, 4) is 5.75 Å². The molecule has 118 valence electrons. The Balaban J connectivity index is 2.88. The van der Waals surface area contributed by atoms with E-state index in [1.165, 1.54) is 12.1 Å². The van der Waals surface area contributed by atoms with Crippen molar-refractivity contribution in [3.63, 3.8) is 0 Å². The summed E-state index contributed by atoms with van der Waals surface area (Å²) in [6, 6.07) is 6.28. The lowest BCUT2D eigenvalue weighted by molar-refractivity contribution is -0.200. The highest BCUT2D eigenvalue weighted by Gasteiger charge is 2.43. The van der Waals surface area contributed by atoms with E-state index in [4.69, 9.17) is 9.84 Å². The third-order valence-corrected chi connectivity index (χ3v) is 3.52. The second-order valence-electron chi connectivity index (χ2n) is 5.51. The third-order valence-electron chi connectivity index (χ3n) is 3.52. The molecule has 0 aliphatic carbocycles. The molecule has 0 aliphatic rings. The van der Waals surface area contributed by atoms with Crippen molar-refractivity contribution in [2.24, 2.45) is 0 Å².